The SMILES string of the molecule is CSC1(CN2CC(C)C(=O)NC2=O)CCC1. The summed E-state index contributed by atoms with van der Waals surface area (Å²) < 4.78 is 0.247. The summed E-state index contributed by atoms with van der Waals surface area (Å²) in [5, 5.41) is 2.41. The Balaban J connectivity index is 1.99. The average Bonchev–Trinajstić information content (AvgIpc) is 2.19. The van der Waals surface area contributed by atoms with Crippen molar-refractivity contribution in [1.29, 1.82) is 0 Å². The molecule has 1 heterocycles. The summed E-state index contributed by atoms with van der Waals surface area (Å²) in [6, 6.07) is -0.219. The van der Waals surface area contributed by atoms with E-state index in [1.807, 2.05) is 18.7 Å². The third kappa shape index (κ3) is 2.05. The van der Waals surface area contributed by atoms with Gasteiger partial charge in [0, 0.05) is 17.8 Å². The molecule has 0 spiro atoms. The zero-order valence-corrected chi connectivity index (χ0v) is 10.6. The lowest BCUT2D eigenvalue weighted by Gasteiger charge is -2.45. The molecule has 1 atom stereocenters. The van der Waals surface area contributed by atoms with E-state index in [1.54, 1.807) is 4.90 Å². The average molecular weight is 242 g/mol. The van der Waals surface area contributed by atoms with E-state index in [0.29, 0.717) is 6.54 Å². The van der Waals surface area contributed by atoms with Gasteiger partial charge >= 0.3 is 6.03 Å². The van der Waals surface area contributed by atoms with Gasteiger partial charge in [0.1, 0.15) is 0 Å². The number of amides is 3. The molecule has 0 radical (unpaired) electrons. The number of hydrogen-bond acceptors (Lipinski definition) is 3. The zero-order chi connectivity index (χ0) is 11.8. The molecule has 16 heavy (non-hydrogen) atoms. The lowest BCUT2D eigenvalue weighted by molar-refractivity contribution is -0.125. The van der Waals surface area contributed by atoms with Crippen molar-refractivity contribution < 1.29 is 9.59 Å². The molecule has 2 fully saturated rings. The molecule has 0 aromatic carbocycles. The lowest BCUT2D eigenvalue weighted by atomic mass is 9.83. The Hall–Kier alpha value is -0.710. The Morgan fingerprint density at radius 2 is 2.19 bits per heavy atom. The van der Waals surface area contributed by atoms with Crippen LogP contribution >= 0.6 is 11.8 Å². The molecule has 2 rings (SSSR count). The van der Waals surface area contributed by atoms with Gasteiger partial charge in [0.05, 0.1) is 5.92 Å². The fraction of sp³-hybridized carbons (Fsp3) is 0.818. The van der Waals surface area contributed by atoms with E-state index in [1.165, 1.54) is 19.3 Å². The first-order chi connectivity index (χ1) is 7.56. The molecule has 1 aliphatic carbocycles. The maximum atomic E-state index is 11.7. The number of nitrogens with zero attached hydrogens (tertiary/aromatic N) is 1. The van der Waals surface area contributed by atoms with Crippen LogP contribution in [-0.4, -0.2) is 40.9 Å². The fourth-order valence-corrected chi connectivity index (χ4v) is 3.27. The van der Waals surface area contributed by atoms with Crippen LogP contribution in [0.3, 0.4) is 0 Å². The minimum atomic E-state index is -0.219. The maximum absolute atomic E-state index is 11.7. The summed E-state index contributed by atoms with van der Waals surface area (Å²) >= 11 is 1.85. The maximum Gasteiger partial charge on any atom is 0.324 e. The van der Waals surface area contributed by atoms with Crippen molar-refractivity contribution in [3.63, 3.8) is 0 Å². The summed E-state index contributed by atoms with van der Waals surface area (Å²) in [5.74, 6) is -0.232. The Kier molecular flexibility index (Phi) is 3.15. The standard InChI is InChI=1S/C11H18N2O2S/c1-8-6-13(10(15)12-9(8)14)7-11(16-2)4-3-5-11/h8H,3-7H2,1-2H3,(H,12,14,15). The quantitative estimate of drug-likeness (QED) is 0.815. The molecule has 1 aliphatic heterocycles. The van der Waals surface area contributed by atoms with E-state index in [-0.39, 0.29) is 22.6 Å². The zero-order valence-electron chi connectivity index (χ0n) is 9.78. The number of urea groups is 1. The second-order valence-electron chi connectivity index (χ2n) is 4.82. The number of carbonyl (C=O) groups is 2. The molecule has 0 aromatic heterocycles. The number of thioether (sulfide) groups is 1. The highest BCUT2D eigenvalue weighted by Crippen LogP contribution is 2.43. The van der Waals surface area contributed by atoms with Gasteiger partial charge in [-0.2, -0.15) is 11.8 Å². The minimum Gasteiger partial charge on any atom is -0.322 e. The van der Waals surface area contributed by atoms with Crippen molar-refractivity contribution in [1.82, 2.24) is 10.2 Å². The molecular formula is C11H18N2O2S. The summed E-state index contributed by atoms with van der Waals surface area (Å²) in [7, 11) is 0. The van der Waals surface area contributed by atoms with E-state index < -0.39 is 0 Å². The van der Waals surface area contributed by atoms with Gasteiger partial charge in [-0.25, -0.2) is 4.79 Å². The lowest BCUT2D eigenvalue weighted by Crippen LogP contribution is -2.58. The van der Waals surface area contributed by atoms with Crippen LogP contribution in [0.15, 0.2) is 0 Å². The molecular weight excluding hydrogens is 224 g/mol. The molecule has 1 saturated heterocycles. The molecule has 1 saturated carbocycles. The predicted octanol–water partition coefficient (Wildman–Crippen LogP) is 1.46. The molecule has 0 aromatic rings. The minimum absolute atomic E-state index is 0.0864. The van der Waals surface area contributed by atoms with Gasteiger partial charge in [0.25, 0.3) is 0 Å². The fourth-order valence-electron chi connectivity index (χ4n) is 2.29. The van der Waals surface area contributed by atoms with Gasteiger partial charge in [0.15, 0.2) is 0 Å². The van der Waals surface area contributed by atoms with Crippen LogP contribution in [0.25, 0.3) is 0 Å². The van der Waals surface area contributed by atoms with Crippen LogP contribution in [0.2, 0.25) is 0 Å². The van der Waals surface area contributed by atoms with E-state index in [0.717, 1.165) is 6.54 Å². The predicted molar refractivity (Wildman–Crippen MR) is 64.4 cm³/mol. The topological polar surface area (TPSA) is 49.4 Å². The van der Waals surface area contributed by atoms with Gasteiger partial charge in [-0.1, -0.05) is 13.3 Å². The number of hydrogen-bond donors (Lipinski definition) is 1. The van der Waals surface area contributed by atoms with Gasteiger partial charge in [0.2, 0.25) is 5.91 Å². The summed E-state index contributed by atoms with van der Waals surface area (Å²) in [4.78, 5) is 24.8. The van der Waals surface area contributed by atoms with E-state index in [9.17, 15) is 9.59 Å². The highest BCUT2D eigenvalue weighted by molar-refractivity contribution is 8.00. The molecule has 90 valence electrons. The summed E-state index contributed by atoms with van der Waals surface area (Å²) in [5.41, 5.74) is 0. The first-order valence-electron chi connectivity index (χ1n) is 5.71. The highest BCUT2D eigenvalue weighted by atomic mass is 32.2. The second-order valence-corrected chi connectivity index (χ2v) is 6.09. The van der Waals surface area contributed by atoms with E-state index in [4.69, 9.17) is 0 Å². The summed E-state index contributed by atoms with van der Waals surface area (Å²) in [6.45, 7) is 3.20. The number of carbonyl (C=O) groups excluding carboxylic acids is 2. The molecule has 5 heteroatoms. The third-order valence-corrected chi connectivity index (χ3v) is 5.04. The summed E-state index contributed by atoms with van der Waals surface area (Å²) in [6.07, 6.45) is 5.72. The van der Waals surface area contributed by atoms with E-state index in [2.05, 4.69) is 11.6 Å². The van der Waals surface area contributed by atoms with Gasteiger partial charge < -0.3 is 4.90 Å². The first-order valence-corrected chi connectivity index (χ1v) is 6.94. The van der Waals surface area contributed by atoms with Crippen molar-refractivity contribution in [3.8, 4) is 0 Å². The monoisotopic (exact) mass is 242 g/mol. The van der Waals surface area contributed by atoms with Crippen LogP contribution in [0, 0.1) is 5.92 Å². The van der Waals surface area contributed by atoms with Crippen LogP contribution in [0.5, 0.6) is 0 Å². The van der Waals surface area contributed by atoms with Crippen LogP contribution in [0.1, 0.15) is 26.2 Å². The molecule has 1 N–H and O–H groups in total. The first kappa shape index (κ1) is 11.8. The van der Waals surface area contributed by atoms with E-state index >= 15 is 0 Å². The van der Waals surface area contributed by atoms with Crippen molar-refractivity contribution in [2.24, 2.45) is 5.92 Å². The van der Waals surface area contributed by atoms with Gasteiger partial charge in [-0.15, -0.1) is 0 Å². The van der Waals surface area contributed by atoms with Crippen molar-refractivity contribution in [3.05, 3.63) is 0 Å². The number of imide groups is 1. The second kappa shape index (κ2) is 4.28. The normalized spacial score (nSPS) is 28.6. The van der Waals surface area contributed by atoms with Crippen molar-refractivity contribution in [2.45, 2.75) is 30.9 Å². The Labute approximate surface area is 100 Å². The highest BCUT2D eigenvalue weighted by Gasteiger charge is 2.41. The smallest absolute Gasteiger partial charge is 0.322 e. The molecule has 2 aliphatic rings. The van der Waals surface area contributed by atoms with Gasteiger partial charge in [-0.3, -0.25) is 10.1 Å². The molecule has 0 bridgehead atoms. The molecule has 1 unspecified atom stereocenters. The molecule has 3 amide bonds. The van der Waals surface area contributed by atoms with Crippen LogP contribution in [-0.2, 0) is 4.79 Å². The van der Waals surface area contributed by atoms with Crippen molar-refractivity contribution in [2.75, 3.05) is 19.3 Å². The number of rotatable bonds is 3. The van der Waals surface area contributed by atoms with Crippen LogP contribution < -0.4 is 5.32 Å². The largest absolute Gasteiger partial charge is 0.324 e. The van der Waals surface area contributed by atoms with Gasteiger partial charge in [-0.05, 0) is 19.1 Å². The Morgan fingerprint density at radius 1 is 1.50 bits per heavy atom. The van der Waals surface area contributed by atoms with Crippen LogP contribution in [0.4, 0.5) is 4.79 Å². The third-order valence-electron chi connectivity index (χ3n) is 3.64. The Bertz CT molecular complexity index is 310. The number of nitrogens with one attached hydrogen (secondary N) is 1. The van der Waals surface area contributed by atoms with Crippen molar-refractivity contribution >= 4 is 23.7 Å². The Morgan fingerprint density at radius 3 is 2.69 bits per heavy atom. The molecule has 4 nitrogen and oxygen atoms in total.